The molecule has 100 valence electrons. The Morgan fingerprint density at radius 1 is 1.12 bits per heavy atom. The third kappa shape index (κ3) is 3.43. The third-order valence-corrected chi connectivity index (χ3v) is 4.79. The standard InChI is InChI=1S/C14H29N3/c1-4-13(3)17-7-5-16(6-8-17)11-12(2)14-9-15-10-14/h12-15H,4-11H2,1-3H3. The van der Waals surface area contributed by atoms with Gasteiger partial charge in [0.05, 0.1) is 0 Å². The molecular formula is C14H29N3. The number of nitrogens with one attached hydrogen (secondary N) is 1. The number of hydrogen-bond acceptors (Lipinski definition) is 3. The molecule has 0 spiro atoms. The molecule has 3 heteroatoms. The summed E-state index contributed by atoms with van der Waals surface area (Å²) in [5.74, 6) is 1.80. The highest BCUT2D eigenvalue weighted by Gasteiger charge is 2.27. The molecule has 2 unspecified atom stereocenters. The Hall–Kier alpha value is -0.120. The first-order valence-corrected chi connectivity index (χ1v) is 7.37. The Balaban J connectivity index is 1.67. The molecule has 0 aromatic heterocycles. The van der Waals surface area contributed by atoms with Gasteiger partial charge in [-0.2, -0.15) is 0 Å². The van der Waals surface area contributed by atoms with Gasteiger partial charge in [-0.15, -0.1) is 0 Å². The van der Waals surface area contributed by atoms with Crippen LogP contribution in [0.1, 0.15) is 27.2 Å². The average molecular weight is 239 g/mol. The van der Waals surface area contributed by atoms with E-state index in [0.29, 0.717) is 0 Å². The first-order chi connectivity index (χ1) is 8.20. The van der Waals surface area contributed by atoms with E-state index < -0.39 is 0 Å². The van der Waals surface area contributed by atoms with Crippen LogP contribution in [0.4, 0.5) is 0 Å². The summed E-state index contributed by atoms with van der Waals surface area (Å²) in [5.41, 5.74) is 0. The molecule has 0 aromatic carbocycles. The van der Waals surface area contributed by atoms with Crippen molar-refractivity contribution in [3.8, 4) is 0 Å². The van der Waals surface area contributed by atoms with Crippen molar-refractivity contribution in [2.24, 2.45) is 11.8 Å². The maximum Gasteiger partial charge on any atom is 0.0113 e. The van der Waals surface area contributed by atoms with E-state index in [0.717, 1.165) is 17.9 Å². The van der Waals surface area contributed by atoms with E-state index in [9.17, 15) is 0 Å². The molecule has 0 aromatic rings. The maximum absolute atomic E-state index is 3.38. The van der Waals surface area contributed by atoms with Gasteiger partial charge in [-0.1, -0.05) is 13.8 Å². The lowest BCUT2D eigenvalue weighted by Gasteiger charge is -2.41. The van der Waals surface area contributed by atoms with Gasteiger partial charge in [0.1, 0.15) is 0 Å². The van der Waals surface area contributed by atoms with Crippen LogP contribution < -0.4 is 5.32 Å². The lowest BCUT2D eigenvalue weighted by molar-refractivity contribution is 0.0783. The summed E-state index contributed by atoms with van der Waals surface area (Å²) in [7, 11) is 0. The summed E-state index contributed by atoms with van der Waals surface area (Å²) in [4.78, 5) is 5.31. The lowest BCUT2D eigenvalue weighted by atomic mass is 9.88. The Labute approximate surface area is 107 Å². The topological polar surface area (TPSA) is 18.5 Å². The van der Waals surface area contributed by atoms with Crippen molar-refractivity contribution in [1.29, 1.82) is 0 Å². The van der Waals surface area contributed by atoms with Crippen LogP contribution in [-0.4, -0.2) is 61.7 Å². The summed E-state index contributed by atoms with van der Waals surface area (Å²) in [6.45, 7) is 16.0. The van der Waals surface area contributed by atoms with Gasteiger partial charge in [0.2, 0.25) is 0 Å². The molecule has 2 heterocycles. The maximum atomic E-state index is 3.38. The summed E-state index contributed by atoms with van der Waals surface area (Å²) < 4.78 is 0. The number of rotatable bonds is 5. The quantitative estimate of drug-likeness (QED) is 0.779. The second-order valence-electron chi connectivity index (χ2n) is 5.99. The third-order valence-electron chi connectivity index (χ3n) is 4.79. The highest BCUT2D eigenvalue weighted by molar-refractivity contribution is 4.83. The molecule has 0 saturated carbocycles. The Bertz CT molecular complexity index is 220. The second-order valence-corrected chi connectivity index (χ2v) is 5.99. The van der Waals surface area contributed by atoms with Crippen molar-refractivity contribution in [1.82, 2.24) is 15.1 Å². The molecule has 2 rings (SSSR count). The van der Waals surface area contributed by atoms with Gasteiger partial charge in [-0.05, 0) is 38.3 Å². The van der Waals surface area contributed by atoms with Crippen molar-refractivity contribution in [2.45, 2.75) is 33.2 Å². The summed E-state index contributed by atoms with van der Waals surface area (Å²) in [5, 5.41) is 3.38. The summed E-state index contributed by atoms with van der Waals surface area (Å²) >= 11 is 0. The fourth-order valence-electron chi connectivity index (χ4n) is 2.91. The zero-order valence-electron chi connectivity index (χ0n) is 11.8. The molecule has 2 atom stereocenters. The van der Waals surface area contributed by atoms with E-state index in [1.807, 2.05) is 0 Å². The normalized spacial score (nSPS) is 27.7. The van der Waals surface area contributed by atoms with Crippen LogP contribution in [0.2, 0.25) is 0 Å². The molecule has 0 radical (unpaired) electrons. The van der Waals surface area contributed by atoms with Crippen molar-refractivity contribution < 1.29 is 0 Å². The van der Waals surface area contributed by atoms with Crippen molar-refractivity contribution in [3.05, 3.63) is 0 Å². The van der Waals surface area contributed by atoms with Crippen LogP contribution in [0.3, 0.4) is 0 Å². The van der Waals surface area contributed by atoms with E-state index in [4.69, 9.17) is 0 Å². The minimum Gasteiger partial charge on any atom is -0.316 e. The Kier molecular flexibility index (Phi) is 4.83. The van der Waals surface area contributed by atoms with E-state index in [-0.39, 0.29) is 0 Å². The predicted molar refractivity (Wildman–Crippen MR) is 73.3 cm³/mol. The molecule has 2 fully saturated rings. The molecule has 2 aliphatic heterocycles. The van der Waals surface area contributed by atoms with Crippen molar-refractivity contribution in [2.75, 3.05) is 45.8 Å². The summed E-state index contributed by atoms with van der Waals surface area (Å²) in [6.07, 6.45) is 1.28. The van der Waals surface area contributed by atoms with E-state index in [1.165, 1.54) is 52.2 Å². The fraction of sp³-hybridized carbons (Fsp3) is 1.00. The van der Waals surface area contributed by atoms with Crippen LogP contribution in [-0.2, 0) is 0 Å². The minimum absolute atomic E-state index is 0.769. The van der Waals surface area contributed by atoms with Gasteiger partial charge in [0.25, 0.3) is 0 Å². The molecule has 0 amide bonds. The monoisotopic (exact) mass is 239 g/mol. The second kappa shape index (κ2) is 6.17. The largest absolute Gasteiger partial charge is 0.316 e. The van der Waals surface area contributed by atoms with Crippen LogP contribution in [0.25, 0.3) is 0 Å². The highest BCUT2D eigenvalue weighted by atomic mass is 15.3. The number of hydrogen-bond donors (Lipinski definition) is 1. The van der Waals surface area contributed by atoms with E-state index in [1.54, 1.807) is 0 Å². The van der Waals surface area contributed by atoms with Gasteiger partial charge < -0.3 is 10.2 Å². The van der Waals surface area contributed by atoms with E-state index >= 15 is 0 Å². The Morgan fingerprint density at radius 2 is 1.76 bits per heavy atom. The molecule has 1 N–H and O–H groups in total. The molecule has 2 saturated heterocycles. The molecule has 17 heavy (non-hydrogen) atoms. The molecular weight excluding hydrogens is 210 g/mol. The van der Waals surface area contributed by atoms with Gasteiger partial charge >= 0.3 is 0 Å². The Morgan fingerprint density at radius 3 is 2.24 bits per heavy atom. The highest BCUT2D eigenvalue weighted by Crippen LogP contribution is 2.18. The van der Waals surface area contributed by atoms with Crippen LogP contribution in [0, 0.1) is 11.8 Å². The smallest absolute Gasteiger partial charge is 0.0113 e. The number of piperazine rings is 1. The lowest BCUT2D eigenvalue weighted by Crippen LogP contribution is -2.53. The van der Waals surface area contributed by atoms with Gasteiger partial charge in [-0.25, -0.2) is 0 Å². The molecule has 0 aliphatic carbocycles. The van der Waals surface area contributed by atoms with Crippen molar-refractivity contribution in [3.63, 3.8) is 0 Å². The molecule has 2 aliphatic rings. The van der Waals surface area contributed by atoms with Crippen molar-refractivity contribution >= 4 is 0 Å². The van der Waals surface area contributed by atoms with Gasteiger partial charge in [-0.3, -0.25) is 4.90 Å². The number of nitrogens with zero attached hydrogens (tertiary/aromatic N) is 2. The van der Waals surface area contributed by atoms with Crippen LogP contribution in [0.15, 0.2) is 0 Å². The first-order valence-electron chi connectivity index (χ1n) is 7.37. The fourth-order valence-corrected chi connectivity index (χ4v) is 2.91. The average Bonchev–Trinajstić information content (AvgIpc) is 2.26. The van der Waals surface area contributed by atoms with Gasteiger partial charge in [0.15, 0.2) is 0 Å². The minimum atomic E-state index is 0.769. The molecule has 3 nitrogen and oxygen atoms in total. The first kappa shape index (κ1) is 13.3. The predicted octanol–water partition coefficient (Wildman–Crippen LogP) is 1.26. The zero-order valence-corrected chi connectivity index (χ0v) is 11.8. The van der Waals surface area contributed by atoms with Crippen LogP contribution >= 0.6 is 0 Å². The molecule has 0 bridgehead atoms. The summed E-state index contributed by atoms with van der Waals surface area (Å²) in [6, 6.07) is 0.769. The van der Waals surface area contributed by atoms with Gasteiger partial charge in [0, 0.05) is 38.8 Å². The van der Waals surface area contributed by atoms with Crippen LogP contribution in [0.5, 0.6) is 0 Å². The SMILES string of the molecule is CCC(C)N1CCN(CC(C)C2CNC2)CC1. The van der Waals surface area contributed by atoms with E-state index in [2.05, 4.69) is 35.9 Å². The zero-order chi connectivity index (χ0) is 12.3.